The standard InChI is InChI=1S/C8H4F5N3O/c9-7(10)3-1-5(17-8(11,12)13)16-4(2-14)6(3)15/h1,7H,15H2. The zero-order valence-electron chi connectivity index (χ0n) is 7.92. The molecule has 17 heavy (non-hydrogen) atoms. The van der Waals surface area contributed by atoms with Crippen LogP contribution in [0, 0.1) is 11.3 Å². The van der Waals surface area contributed by atoms with Crippen molar-refractivity contribution < 1.29 is 26.7 Å². The second-order valence-electron chi connectivity index (χ2n) is 2.77. The van der Waals surface area contributed by atoms with Gasteiger partial charge in [0.2, 0.25) is 5.88 Å². The predicted molar refractivity (Wildman–Crippen MR) is 45.0 cm³/mol. The Bertz CT molecular complexity index is 465. The largest absolute Gasteiger partial charge is 0.574 e. The number of nitrogens with two attached hydrogens (primary N) is 1. The maximum atomic E-state index is 12.4. The SMILES string of the molecule is N#Cc1nc(OC(F)(F)F)cc(C(F)F)c1N. The Morgan fingerprint density at radius 2 is 2.00 bits per heavy atom. The normalized spacial score (nSPS) is 11.4. The molecular weight excluding hydrogens is 249 g/mol. The summed E-state index contributed by atoms with van der Waals surface area (Å²) in [7, 11) is 0. The van der Waals surface area contributed by atoms with Crippen molar-refractivity contribution in [2.24, 2.45) is 0 Å². The second-order valence-corrected chi connectivity index (χ2v) is 2.77. The first-order chi connectivity index (χ1) is 7.74. The van der Waals surface area contributed by atoms with E-state index in [1.807, 2.05) is 0 Å². The van der Waals surface area contributed by atoms with Crippen LogP contribution in [-0.2, 0) is 0 Å². The molecule has 0 aliphatic heterocycles. The molecule has 0 amide bonds. The lowest BCUT2D eigenvalue weighted by molar-refractivity contribution is -0.276. The quantitative estimate of drug-likeness (QED) is 0.821. The van der Waals surface area contributed by atoms with E-state index in [1.54, 1.807) is 0 Å². The molecule has 2 N–H and O–H groups in total. The molecule has 0 saturated carbocycles. The number of anilines is 1. The average Bonchev–Trinajstić information content (AvgIpc) is 2.17. The highest BCUT2D eigenvalue weighted by atomic mass is 19.4. The maximum Gasteiger partial charge on any atom is 0.574 e. The van der Waals surface area contributed by atoms with Crippen LogP contribution in [0.4, 0.5) is 27.6 Å². The summed E-state index contributed by atoms with van der Waals surface area (Å²) in [6.07, 6.45) is -8.23. The van der Waals surface area contributed by atoms with Gasteiger partial charge in [-0.05, 0) is 0 Å². The van der Waals surface area contributed by atoms with Gasteiger partial charge in [0.15, 0.2) is 5.69 Å². The number of nitrogen functional groups attached to an aromatic ring is 1. The molecule has 0 unspecified atom stereocenters. The van der Waals surface area contributed by atoms with Crippen LogP contribution in [0.3, 0.4) is 0 Å². The van der Waals surface area contributed by atoms with Crippen molar-refractivity contribution in [2.45, 2.75) is 12.8 Å². The molecule has 0 bridgehead atoms. The highest BCUT2D eigenvalue weighted by Gasteiger charge is 2.33. The van der Waals surface area contributed by atoms with Gasteiger partial charge in [-0.3, -0.25) is 0 Å². The van der Waals surface area contributed by atoms with Gasteiger partial charge in [0.05, 0.1) is 5.69 Å². The van der Waals surface area contributed by atoms with Crippen molar-refractivity contribution in [1.29, 1.82) is 5.26 Å². The smallest absolute Gasteiger partial charge is 0.396 e. The molecule has 0 aromatic carbocycles. The number of hydrogen-bond donors (Lipinski definition) is 1. The van der Waals surface area contributed by atoms with E-state index in [4.69, 9.17) is 11.0 Å². The third-order valence-corrected chi connectivity index (χ3v) is 1.63. The Morgan fingerprint density at radius 3 is 2.41 bits per heavy atom. The van der Waals surface area contributed by atoms with E-state index in [9.17, 15) is 22.0 Å². The number of rotatable bonds is 2. The van der Waals surface area contributed by atoms with Crippen LogP contribution in [0.15, 0.2) is 6.07 Å². The molecule has 1 rings (SSSR count). The van der Waals surface area contributed by atoms with E-state index in [0.29, 0.717) is 6.07 Å². The zero-order valence-corrected chi connectivity index (χ0v) is 7.92. The first-order valence-electron chi connectivity index (χ1n) is 3.99. The monoisotopic (exact) mass is 253 g/mol. The summed E-state index contributed by atoms with van der Waals surface area (Å²) < 4.78 is 63.7. The molecule has 1 heterocycles. The number of hydrogen-bond acceptors (Lipinski definition) is 4. The fourth-order valence-corrected chi connectivity index (χ4v) is 0.987. The molecule has 9 heteroatoms. The molecule has 0 saturated heterocycles. The average molecular weight is 253 g/mol. The molecule has 92 valence electrons. The molecule has 0 radical (unpaired) electrons. The number of nitriles is 1. The van der Waals surface area contributed by atoms with E-state index in [0.717, 1.165) is 0 Å². The van der Waals surface area contributed by atoms with Crippen LogP contribution in [0.5, 0.6) is 5.88 Å². The van der Waals surface area contributed by atoms with Gasteiger partial charge in [-0.25, -0.2) is 13.8 Å². The van der Waals surface area contributed by atoms with Gasteiger partial charge in [0.1, 0.15) is 6.07 Å². The van der Waals surface area contributed by atoms with Crippen LogP contribution in [0.2, 0.25) is 0 Å². The molecule has 1 aromatic heterocycles. The summed E-state index contributed by atoms with van der Waals surface area (Å²) in [5.74, 6) is -1.15. The van der Waals surface area contributed by atoms with Gasteiger partial charge in [0, 0.05) is 11.6 Å². The topological polar surface area (TPSA) is 71.9 Å². The highest BCUT2D eigenvalue weighted by Crippen LogP contribution is 2.31. The zero-order chi connectivity index (χ0) is 13.2. The minimum absolute atomic E-state index is 0.342. The van der Waals surface area contributed by atoms with E-state index >= 15 is 0 Å². The summed E-state index contributed by atoms with van der Waals surface area (Å²) >= 11 is 0. The first-order valence-corrected chi connectivity index (χ1v) is 3.99. The highest BCUT2D eigenvalue weighted by molar-refractivity contribution is 5.58. The van der Waals surface area contributed by atoms with Gasteiger partial charge < -0.3 is 10.5 Å². The molecule has 1 aromatic rings. The third-order valence-electron chi connectivity index (χ3n) is 1.63. The lowest BCUT2D eigenvalue weighted by Gasteiger charge is -2.11. The van der Waals surface area contributed by atoms with Crippen molar-refractivity contribution in [3.8, 4) is 11.9 Å². The summed E-state index contributed by atoms with van der Waals surface area (Å²) in [4.78, 5) is 3.06. The summed E-state index contributed by atoms with van der Waals surface area (Å²) in [5, 5.41) is 8.47. The number of pyridine rings is 1. The van der Waals surface area contributed by atoms with Crippen molar-refractivity contribution >= 4 is 5.69 Å². The van der Waals surface area contributed by atoms with Crippen LogP contribution in [-0.4, -0.2) is 11.3 Å². The van der Waals surface area contributed by atoms with Gasteiger partial charge in [0.25, 0.3) is 6.43 Å². The van der Waals surface area contributed by atoms with Gasteiger partial charge in [-0.2, -0.15) is 5.26 Å². The Morgan fingerprint density at radius 1 is 1.41 bits per heavy atom. The van der Waals surface area contributed by atoms with E-state index in [-0.39, 0.29) is 0 Å². The van der Waals surface area contributed by atoms with Crippen LogP contribution >= 0.6 is 0 Å². The van der Waals surface area contributed by atoms with Gasteiger partial charge in [-0.15, -0.1) is 13.2 Å². The summed E-state index contributed by atoms with van der Waals surface area (Å²) in [6.45, 7) is 0. The van der Waals surface area contributed by atoms with E-state index < -0.39 is 35.6 Å². The fourth-order valence-electron chi connectivity index (χ4n) is 0.987. The van der Waals surface area contributed by atoms with Gasteiger partial charge in [-0.1, -0.05) is 0 Å². The van der Waals surface area contributed by atoms with Crippen LogP contribution in [0.1, 0.15) is 17.7 Å². The molecule has 0 atom stereocenters. The molecule has 0 aliphatic carbocycles. The fraction of sp³-hybridized carbons (Fsp3) is 0.250. The number of nitrogens with zero attached hydrogens (tertiary/aromatic N) is 2. The molecule has 0 fully saturated rings. The van der Waals surface area contributed by atoms with Crippen molar-refractivity contribution in [3.05, 3.63) is 17.3 Å². The molecular formula is C8H4F5N3O. The predicted octanol–water partition coefficient (Wildman–Crippen LogP) is 2.37. The Hall–Kier alpha value is -2.11. The second kappa shape index (κ2) is 4.40. The minimum Gasteiger partial charge on any atom is -0.396 e. The Balaban J connectivity index is 3.27. The maximum absolute atomic E-state index is 12.4. The summed E-state index contributed by atoms with van der Waals surface area (Å²) in [6, 6.07) is 1.64. The van der Waals surface area contributed by atoms with Gasteiger partial charge >= 0.3 is 6.36 Å². The summed E-state index contributed by atoms with van der Waals surface area (Å²) in [5.41, 5.74) is 2.77. The van der Waals surface area contributed by atoms with Crippen molar-refractivity contribution in [3.63, 3.8) is 0 Å². The molecule has 0 spiro atoms. The van der Waals surface area contributed by atoms with Crippen molar-refractivity contribution in [2.75, 3.05) is 5.73 Å². The van der Waals surface area contributed by atoms with Crippen LogP contribution < -0.4 is 10.5 Å². The molecule has 0 aliphatic rings. The van der Waals surface area contributed by atoms with Crippen LogP contribution in [0.25, 0.3) is 0 Å². The number of alkyl halides is 5. The van der Waals surface area contributed by atoms with E-state index in [2.05, 4.69) is 9.72 Å². The Kier molecular flexibility index (Phi) is 3.36. The third kappa shape index (κ3) is 3.17. The first kappa shape index (κ1) is 13.0. The lowest BCUT2D eigenvalue weighted by atomic mass is 10.2. The number of ether oxygens (including phenoxy) is 1. The number of aromatic nitrogens is 1. The minimum atomic E-state index is -5.09. The lowest BCUT2D eigenvalue weighted by Crippen LogP contribution is -2.18. The Labute approximate surface area is 91.4 Å². The van der Waals surface area contributed by atoms with E-state index in [1.165, 1.54) is 6.07 Å². The number of halogens is 5. The van der Waals surface area contributed by atoms with Crippen molar-refractivity contribution in [1.82, 2.24) is 4.98 Å². The molecule has 4 nitrogen and oxygen atoms in total.